The third kappa shape index (κ3) is 3.33. The fourth-order valence-corrected chi connectivity index (χ4v) is 6.40. The SMILES string of the molecule is Cc1cc(S(=O)(=O)N(CC2CCNCC2)C2CC2)c(C)s1. The Bertz CT molecular complexity index is 599. The molecule has 0 radical (unpaired) electrons. The molecule has 1 aromatic rings. The maximum absolute atomic E-state index is 13.0. The first-order valence-corrected chi connectivity index (χ1v) is 10.0. The highest BCUT2D eigenvalue weighted by molar-refractivity contribution is 7.89. The number of hydrogen-bond donors (Lipinski definition) is 1. The van der Waals surface area contributed by atoms with Crippen LogP contribution in [-0.2, 0) is 10.0 Å². The van der Waals surface area contributed by atoms with Crippen molar-refractivity contribution in [2.45, 2.75) is 50.5 Å². The Labute approximate surface area is 131 Å². The van der Waals surface area contributed by atoms with Crippen molar-refractivity contribution < 1.29 is 8.42 Å². The third-order valence-electron chi connectivity index (χ3n) is 4.43. The summed E-state index contributed by atoms with van der Waals surface area (Å²) in [5, 5.41) is 3.35. The van der Waals surface area contributed by atoms with Crippen LogP contribution in [0.3, 0.4) is 0 Å². The minimum absolute atomic E-state index is 0.240. The molecule has 2 aliphatic rings. The highest BCUT2D eigenvalue weighted by Crippen LogP contribution is 2.36. The van der Waals surface area contributed by atoms with Gasteiger partial charge in [-0.25, -0.2) is 8.42 Å². The fraction of sp³-hybridized carbons (Fsp3) is 0.733. The highest BCUT2D eigenvalue weighted by Gasteiger charge is 2.40. The number of rotatable bonds is 5. The van der Waals surface area contributed by atoms with E-state index in [0.29, 0.717) is 17.4 Å². The largest absolute Gasteiger partial charge is 0.317 e. The molecule has 118 valence electrons. The molecule has 0 aromatic carbocycles. The van der Waals surface area contributed by atoms with Gasteiger partial charge in [-0.2, -0.15) is 4.31 Å². The summed E-state index contributed by atoms with van der Waals surface area (Å²) in [7, 11) is -3.32. The number of nitrogens with one attached hydrogen (secondary N) is 1. The Morgan fingerprint density at radius 2 is 1.90 bits per heavy atom. The van der Waals surface area contributed by atoms with Gasteiger partial charge in [0.15, 0.2) is 0 Å². The molecule has 2 fully saturated rings. The molecule has 0 amide bonds. The zero-order valence-electron chi connectivity index (χ0n) is 12.8. The van der Waals surface area contributed by atoms with Gasteiger partial charge in [-0.05, 0) is 64.6 Å². The topological polar surface area (TPSA) is 49.4 Å². The van der Waals surface area contributed by atoms with Gasteiger partial charge in [-0.1, -0.05) is 0 Å². The van der Waals surface area contributed by atoms with E-state index in [0.717, 1.165) is 48.5 Å². The molecule has 1 aromatic heterocycles. The molecule has 1 aliphatic heterocycles. The maximum Gasteiger partial charge on any atom is 0.244 e. The van der Waals surface area contributed by atoms with Crippen LogP contribution in [0.2, 0.25) is 0 Å². The summed E-state index contributed by atoms with van der Waals surface area (Å²) in [6, 6.07) is 2.08. The van der Waals surface area contributed by atoms with Gasteiger partial charge in [0.2, 0.25) is 10.0 Å². The van der Waals surface area contributed by atoms with Crippen molar-refractivity contribution >= 4 is 21.4 Å². The lowest BCUT2D eigenvalue weighted by Crippen LogP contribution is -2.40. The van der Waals surface area contributed by atoms with Gasteiger partial charge >= 0.3 is 0 Å². The number of nitrogens with zero attached hydrogens (tertiary/aromatic N) is 1. The summed E-state index contributed by atoms with van der Waals surface area (Å²) < 4.78 is 27.9. The van der Waals surface area contributed by atoms with Crippen LogP contribution in [0.1, 0.15) is 35.4 Å². The van der Waals surface area contributed by atoms with E-state index in [1.54, 1.807) is 15.6 Å². The Morgan fingerprint density at radius 3 is 2.43 bits per heavy atom. The number of hydrogen-bond acceptors (Lipinski definition) is 4. The molecular formula is C15H24N2O2S2. The first kappa shape index (κ1) is 15.5. The predicted octanol–water partition coefficient (Wildman–Crippen LogP) is 2.52. The van der Waals surface area contributed by atoms with E-state index in [4.69, 9.17) is 0 Å². The molecule has 1 saturated heterocycles. The van der Waals surface area contributed by atoms with Crippen LogP contribution in [0.25, 0.3) is 0 Å². The quantitative estimate of drug-likeness (QED) is 0.903. The van der Waals surface area contributed by atoms with Crippen LogP contribution in [0.4, 0.5) is 0 Å². The van der Waals surface area contributed by atoms with Crippen molar-refractivity contribution in [2.24, 2.45) is 5.92 Å². The zero-order chi connectivity index (χ0) is 15.0. The molecule has 2 heterocycles. The smallest absolute Gasteiger partial charge is 0.244 e. The normalized spacial score (nSPS) is 21.1. The highest BCUT2D eigenvalue weighted by atomic mass is 32.2. The lowest BCUT2D eigenvalue weighted by Gasteiger charge is -2.29. The molecule has 0 atom stereocenters. The van der Waals surface area contributed by atoms with E-state index in [-0.39, 0.29) is 6.04 Å². The van der Waals surface area contributed by atoms with Crippen LogP contribution in [0.5, 0.6) is 0 Å². The molecule has 0 unspecified atom stereocenters. The van der Waals surface area contributed by atoms with Crippen LogP contribution in [-0.4, -0.2) is 38.4 Å². The van der Waals surface area contributed by atoms with E-state index in [1.807, 2.05) is 19.9 Å². The van der Waals surface area contributed by atoms with Crippen LogP contribution < -0.4 is 5.32 Å². The first-order chi connectivity index (χ1) is 9.98. The van der Waals surface area contributed by atoms with Crippen molar-refractivity contribution in [3.05, 3.63) is 15.8 Å². The molecule has 0 bridgehead atoms. The molecule has 0 spiro atoms. The predicted molar refractivity (Wildman–Crippen MR) is 86.3 cm³/mol. The second-order valence-corrected chi connectivity index (χ2v) is 9.60. The van der Waals surface area contributed by atoms with Crippen LogP contribution in [0.15, 0.2) is 11.0 Å². The summed E-state index contributed by atoms with van der Waals surface area (Å²) in [5.41, 5.74) is 0. The van der Waals surface area contributed by atoms with E-state index in [9.17, 15) is 8.42 Å². The Hall–Kier alpha value is -0.430. The summed E-state index contributed by atoms with van der Waals surface area (Å²) in [5.74, 6) is 0.502. The molecule has 1 aliphatic carbocycles. The minimum Gasteiger partial charge on any atom is -0.317 e. The minimum atomic E-state index is -3.32. The number of piperidine rings is 1. The van der Waals surface area contributed by atoms with E-state index < -0.39 is 10.0 Å². The van der Waals surface area contributed by atoms with Crippen LogP contribution in [0, 0.1) is 19.8 Å². The lowest BCUT2D eigenvalue weighted by molar-refractivity contribution is 0.283. The second-order valence-electron chi connectivity index (χ2n) is 6.28. The van der Waals surface area contributed by atoms with E-state index in [1.165, 1.54) is 0 Å². The molecule has 4 nitrogen and oxygen atoms in total. The Kier molecular flexibility index (Phi) is 4.41. The Balaban J connectivity index is 1.84. The maximum atomic E-state index is 13.0. The van der Waals surface area contributed by atoms with Crippen molar-refractivity contribution in [3.8, 4) is 0 Å². The zero-order valence-corrected chi connectivity index (χ0v) is 14.4. The number of thiophene rings is 1. The van der Waals surface area contributed by atoms with Gasteiger partial charge in [0, 0.05) is 22.3 Å². The monoisotopic (exact) mass is 328 g/mol. The van der Waals surface area contributed by atoms with Crippen molar-refractivity contribution in [1.29, 1.82) is 0 Å². The van der Waals surface area contributed by atoms with Gasteiger partial charge < -0.3 is 5.32 Å². The van der Waals surface area contributed by atoms with Gasteiger partial charge in [-0.15, -0.1) is 11.3 Å². The summed E-state index contributed by atoms with van der Waals surface area (Å²) in [4.78, 5) is 2.53. The molecule has 3 rings (SSSR count). The van der Waals surface area contributed by atoms with E-state index >= 15 is 0 Å². The van der Waals surface area contributed by atoms with Crippen molar-refractivity contribution in [2.75, 3.05) is 19.6 Å². The average molecular weight is 329 g/mol. The second kappa shape index (κ2) is 5.99. The van der Waals surface area contributed by atoms with Gasteiger partial charge in [-0.3, -0.25) is 0 Å². The van der Waals surface area contributed by atoms with Gasteiger partial charge in [0.1, 0.15) is 0 Å². The third-order valence-corrected chi connectivity index (χ3v) is 7.57. The van der Waals surface area contributed by atoms with Crippen LogP contribution >= 0.6 is 11.3 Å². The summed E-state index contributed by atoms with van der Waals surface area (Å²) in [6.07, 6.45) is 4.21. The molecule has 6 heteroatoms. The van der Waals surface area contributed by atoms with E-state index in [2.05, 4.69) is 5.32 Å². The Morgan fingerprint density at radius 1 is 1.24 bits per heavy atom. The number of aryl methyl sites for hydroxylation is 2. The van der Waals surface area contributed by atoms with Crippen molar-refractivity contribution in [3.63, 3.8) is 0 Å². The first-order valence-electron chi connectivity index (χ1n) is 7.78. The standard InChI is InChI=1S/C15H24N2O2S2/c1-11-9-15(12(2)20-11)21(18,19)17(14-3-4-14)10-13-5-7-16-8-6-13/h9,13-14,16H,3-8,10H2,1-2H3. The molecule has 1 saturated carbocycles. The lowest BCUT2D eigenvalue weighted by atomic mass is 9.98. The number of sulfonamides is 1. The summed E-state index contributed by atoms with van der Waals surface area (Å²) in [6.45, 7) is 6.62. The van der Waals surface area contributed by atoms with Gasteiger partial charge in [0.25, 0.3) is 0 Å². The van der Waals surface area contributed by atoms with Crippen molar-refractivity contribution in [1.82, 2.24) is 9.62 Å². The molecule has 1 N–H and O–H groups in total. The molecular weight excluding hydrogens is 304 g/mol. The molecule has 21 heavy (non-hydrogen) atoms. The average Bonchev–Trinajstić information content (AvgIpc) is 3.21. The fourth-order valence-electron chi connectivity index (χ4n) is 3.11. The van der Waals surface area contributed by atoms with Gasteiger partial charge in [0.05, 0.1) is 4.90 Å². The summed E-state index contributed by atoms with van der Waals surface area (Å²) >= 11 is 1.58.